The molecule has 0 fully saturated rings. The molecule has 0 aromatic rings. The number of hydrogen-bond donors (Lipinski definition) is 2. The second-order valence-corrected chi connectivity index (χ2v) is 3.03. The molecule has 2 atom stereocenters. The van der Waals surface area contributed by atoms with E-state index < -0.39 is 0 Å². The van der Waals surface area contributed by atoms with Crippen LogP contribution < -0.4 is 5.23 Å². The van der Waals surface area contributed by atoms with E-state index in [1.165, 1.54) is 0 Å². The molecule has 1 aliphatic carbocycles. The Kier molecular flexibility index (Phi) is 4.36. The predicted octanol–water partition coefficient (Wildman–Crippen LogP) is 0.0837. The Bertz CT molecular complexity index is 152. The summed E-state index contributed by atoms with van der Waals surface area (Å²) in [4.78, 5) is 0. The molecular weight excluding hydrogens is 153 g/mol. The van der Waals surface area contributed by atoms with E-state index in [4.69, 9.17) is 9.76 Å². The smallest absolute Gasteiger partial charge is 0.396 e. The minimum absolute atomic E-state index is 0.261. The first kappa shape index (κ1) is 9.77. The minimum Gasteiger partial charge on any atom is -0.427 e. The summed E-state index contributed by atoms with van der Waals surface area (Å²) in [5.41, 5.74) is 0. The predicted molar refractivity (Wildman–Crippen MR) is 48.6 cm³/mol. The Morgan fingerprint density at radius 1 is 1.58 bits per heavy atom. The normalized spacial score (nSPS) is 28.8. The van der Waals surface area contributed by atoms with Gasteiger partial charge in [0.25, 0.3) is 0 Å². The molecule has 12 heavy (non-hydrogen) atoms. The van der Waals surface area contributed by atoms with Crippen LogP contribution in [0.3, 0.4) is 0 Å². The van der Waals surface area contributed by atoms with Crippen LogP contribution in [-0.4, -0.2) is 32.5 Å². The molecule has 0 amide bonds. The molecule has 1 radical (unpaired) electrons. The van der Waals surface area contributed by atoms with Crippen molar-refractivity contribution in [3.05, 3.63) is 12.2 Å². The van der Waals surface area contributed by atoms with E-state index in [9.17, 15) is 0 Å². The quantitative estimate of drug-likeness (QED) is 0.461. The van der Waals surface area contributed by atoms with Crippen LogP contribution in [-0.2, 0) is 4.65 Å². The van der Waals surface area contributed by atoms with Crippen LogP contribution in [0.5, 0.6) is 0 Å². The minimum atomic E-state index is 0.261. The maximum absolute atomic E-state index is 8.85. The van der Waals surface area contributed by atoms with Gasteiger partial charge in [-0.3, -0.25) is 0 Å². The second kappa shape index (κ2) is 5.35. The van der Waals surface area contributed by atoms with Gasteiger partial charge in [0.2, 0.25) is 0 Å². The van der Waals surface area contributed by atoms with E-state index in [2.05, 4.69) is 17.4 Å². The summed E-state index contributed by atoms with van der Waals surface area (Å²) < 4.78 is 4.78. The van der Waals surface area contributed by atoms with Crippen molar-refractivity contribution in [2.24, 2.45) is 5.92 Å². The fourth-order valence-electron chi connectivity index (χ4n) is 1.32. The molecule has 0 aromatic heterocycles. The maximum atomic E-state index is 8.85. The fraction of sp³-hybridized carbons (Fsp3) is 0.750. The van der Waals surface area contributed by atoms with Crippen LogP contribution in [0, 0.1) is 5.92 Å². The zero-order chi connectivity index (χ0) is 8.81. The SMILES string of the molecule is CO[B]N[C@H]1C=CC(CO)CC1. The van der Waals surface area contributed by atoms with Gasteiger partial charge in [0.1, 0.15) is 0 Å². The highest BCUT2D eigenvalue weighted by Gasteiger charge is 2.14. The second-order valence-electron chi connectivity index (χ2n) is 3.03. The molecule has 0 saturated heterocycles. The van der Waals surface area contributed by atoms with Crippen molar-refractivity contribution >= 4 is 7.62 Å². The van der Waals surface area contributed by atoms with Crippen LogP contribution in [0.4, 0.5) is 0 Å². The van der Waals surface area contributed by atoms with Gasteiger partial charge < -0.3 is 15.0 Å². The molecule has 1 unspecified atom stereocenters. The molecule has 0 bridgehead atoms. The largest absolute Gasteiger partial charge is 0.427 e. The van der Waals surface area contributed by atoms with Crippen molar-refractivity contribution in [1.82, 2.24) is 5.23 Å². The lowest BCUT2D eigenvalue weighted by Gasteiger charge is -2.21. The number of rotatable bonds is 4. The molecule has 0 aromatic carbocycles. The van der Waals surface area contributed by atoms with Crippen LogP contribution in [0.2, 0.25) is 0 Å². The molecule has 0 saturated carbocycles. The van der Waals surface area contributed by atoms with Crippen LogP contribution in [0.1, 0.15) is 12.8 Å². The number of aliphatic hydroxyl groups is 1. The highest BCUT2D eigenvalue weighted by molar-refractivity contribution is 6.23. The van der Waals surface area contributed by atoms with E-state index in [-0.39, 0.29) is 6.61 Å². The van der Waals surface area contributed by atoms with Crippen molar-refractivity contribution in [3.63, 3.8) is 0 Å². The Balaban J connectivity index is 2.23. The topological polar surface area (TPSA) is 41.5 Å². The molecule has 0 aliphatic heterocycles. The summed E-state index contributed by atoms with van der Waals surface area (Å²) in [5.74, 6) is 0.352. The third kappa shape index (κ3) is 2.97. The lowest BCUT2D eigenvalue weighted by molar-refractivity contribution is 0.238. The molecule has 3 nitrogen and oxygen atoms in total. The Morgan fingerprint density at radius 3 is 2.92 bits per heavy atom. The third-order valence-electron chi connectivity index (χ3n) is 2.10. The van der Waals surface area contributed by atoms with Crippen LogP contribution >= 0.6 is 0 Å². The first-order valence-electron chi connectivity index (χ1n) is 4.26. The van der Waals surface area contributed by atoms with Crippen molar-refractivity contribution in [2.75, 3.05) is 13.7 Å². The zero-order valence-electron chi connectivity index (χ0n) is 7.36. The first-order chi connectivity index (χ1) is 5.86. The fourth-order valence-corrected chi connectivity index (χ4v) is 1.32. The van der Waals surface area contributed by atoms with Gasteiger partial charge in [0, 0.05) is 25.7 Å². The van der Waals surface area contributed by atoms with Crippen molar-refractivity contribution in [3.8, 4) is 0 Å². The van der Waals surface area contributed by atoms with Crippen molar-refractivity contribution in [2.45, 2.75) is 18.9 Å². The average molecular weight is 168 g/mol. The molecule has 0 heterocycles. The molecule has 0 spiro atoms. The molecule has 1 aliphatic rings. The van der Waals surface area contributed by atoms with Gasteiger partial charge in [0.05, 0.1) is 0 Å². The summed E-state index contributed by atoms with van der Waals surface area (Å²) in [6.45, 7) is 0.261. The van der Waals surface area contributed by atoms with Gasteiger partial charge in [-0.1, -0.05) is 12.2 Å². The van der Waals surface area contributed by atoms with E-state index in [1.807, 2.05) is 0 Å². The lowest BCUT2D eigenvalue weighted by atomic mass is 9.92. The first-order valence-corrected chi connectivity index (χ1v) is 4.26. The standard InChI is InChI=1S/C8H15BNO2/c1-12-9-10-8-4-2-7(6-11)3-5-8/h2,4,7-8,10-11H,3,5-6H2,1H3/t7?,8-/m0/s1. The van der Waals surface area contributed by atoms with Crippen molar-refractivity contribution in [1.29, 1.82) is 0 Å². The van der Waals surface area contributed by atoms with E-state index in [1.54, 1.807) is 14.7 Å². The molecule has 2 N–H and O–H groups in total. The summed E-state index contributed by atoms with van der Waals surface area (Å²) in [7, 11) is 3.21. The van der Waals surface area contributed by atoms with Crippen molar-refractivity contribution < 1.29 is 9.76 Å². The van der Waals surface area contributed by atoms with Crippen LogP contribution in [0.15, 0.2) is 12.2 Å². The lowest BCUT2D eigenvalue weighted by Crippen LogP contribution is -2.34. The monoisotopic (exact) mass is 168 g/mol. The van der Waals surface area contributed by atoms with Gasteiger partial charge in [0.15, 0.2) is 0 Å². The Labute approximate surface area is 74.1 Å². The van der Waals surface area contributed by atoms with Gasteiger partial charge in [-0.25, -0.2) is 0 Å². The summed E-state index contributed by atoms with van der Waals surface area (Å²) in [6.07, 6.45) is 6.24. The number of hydrogen-bond acceptors (Lipinski definition) is 3. The van der Waals surface area contributed by atoms with E-state index in [0.717, 1.165) is 12.8 Å². The van der Waals surface area contributed by atoms with Gasteiger partial charge in [-0.05, 0) is 12.8 Å². The van der Waals surface area contributed by atoms with E-state index >= 15 is 0 Å². The average Bonchev–Trinajstić information content (AvgIpc) is 2.15. The maximum Gasteiger partial charge on any atom is 0.396 e. The third-order valence-corrected chi connectivity index (χ3v) is 2.10. The van der Waals surface area contributed by atoms with Gasteiger partial charge >= 0.3 is 7.62 Å². The highest BCUT2D eigenvalue weighted by atomic mass is 16.4. The van der Waals surface area contributed by atoms with Gasteiger partial charge in [-0.15, -0.1) is 0 Å². The molecule has 1 rings (SSSR count). The molecular formula is C8H15BNO2. The van der Waals surface area contributed by atoms with Crippen LogP contribution in [0.25, 0.3) is 0 Å². The highest BCUT2D eigenvalue weighted by Crippen LogP contribution is 2.16. The Morgan fingerprint density at radius 2 is 2.42 bits per heavy atom. The number of aliphatic hydroxyl groups excluding tert-OH is 1. The summed E-state index contributed by atoms with van der Waals surface area (Å²) in [5, 5.41) is 11.9. The number of nitrogens with one attached hydrogen (secondary N) is 1. The van der Waals surface area contributed by atoms with Gasteiger partial charge in [-0.2, -0.15) is 0 Å². The van der Waals surface area contributed by atoms with E-state index in [0.29, 0.717) is 12.0 Å². The zero-order valence-corrected chi connectivity index (χ0v) is 7.36. The Hall–Kier alpha value is -0.315. The molecule has 4 heteroatoms. The summed E-state index contributed by atoms with van der Waals surface area (Å²) in [6, 6.07) is 0.368. The summed E-state index contributed by atoms with van der Waals surface area (Å²) >= 11 is 0. The molecule has 67 valence electrons.